The van der Waals surface area contributed by atoms with Gasteiger partial charge < -0.3 is 9.47 Å². The van der Waals surface area contributed by atoms with Gasteiger partial charge in [0.2, 0.25) is 5.91 Å². The van der Waals surface area contributed by atoms with Gasteiger partial charge in [-0.1, -0.05) is 0 Å². The van der Waals surface area contributed by atoms with Crippen molar-refractivity contribution in [1.82, 2.24) is 4.57 Å². The standard InChI is InChI=1S/C14H16N2O/c1-3-15-6-4-11-9-14-12(8-13(11)15)5-7-16(14)10(2)17/h4,6,8-9H,3,5,7H2,1-2H3. The fourth-order valence-corrected chi connectivity index (χ4v) is 2.68. The maximum Gasteiger partial charge on any atom is 0.223 e. The van der Waals surface area contributed by atoms with Crippen molar-refractivity contribution in [2.45, 2.75) is 26.8 Å². The highest BCUT2D eigenvalue weighted by Crippen LogP contribution is 2.32. The lowest BCUT2D eigenvalue weighted by Gasteiger charge is -2.14. The summed E-state index contributed by atoms with van der Waals surface area (Å²) in [4.78, 5) is 13.4. The van der Waals surface area contributed by atoms with Gasteiger partial charge in [-0.15, -0.1) is 0 Å². The topological polar surface area (TPSA) is 25.2 Å². The Morgan fingerprint density at radius 3 is 2.94 bits per heavy atom. The predicted molar refractivity (Wildman–Crippen MR) is 69.3 cm³/mol. The second-order valence-electron chi connectivity index (χ2n) is 4.56. The van der Waals surface area contributed by atoms with Crippen molar-refractivity contribution in [1.29, 1.82) is 0 Å². The summed E-state index contributed by atoms with van der Waals surface area (Å²) >= 11 is 0. The first-order valence-electron chi connectivity index (χ1n) is 6.10. The molecule has 1 aromatic carbocycles. The first-order chi connectivity index (χ1) is 8.20. The van der Waals surface area contributed by atoms with E-state index in [9.17, 15) is 4.79 Å². The van der Waals surface area contributed by atoms with Crippen molar-refractivity contribution >= 4 is 22.5 Å². The minimum atomic E-state index is 0.137. The molecule has 0 aliphatic carbocycles. The number of carbonyl (C=O) groups excluding carboxylic acids is 1. The lowest BCUT2D eigenvalue weighted by atomic mass is 10.1. The summed E-state index contributed by atoms with van der Waals surface area (Å²) < 4.78 is 2.24. The largest absolute Gasteiger partial charge is 0.348 e. The van der Waals surface area contributed by atoms with Gasteiger partial charge in [0.1, 0.15) is 0 Å². The molecule has 0 saturated carbocycles. The third-order valence-corrected chi connectivity index (χ3v) is 3.59. The molecule has 0 fully saturated rings. The summed E-state index contributed by atoms with van der Waals surface area (Å²) in [6.45, 7) is 5.59. The van der Waals surface area contributed by atoms with Crippen LogP contribution in [0.1, 0.15) is 19.4 Å². The number of carbonyl (C=O) groups is 1. The van der Waals surface area contributed by atoms with Crippen LogP contribution in [0.4, 0.5) is 5.69 Å². The SMILES string of the molecule is CCn1ccc2cc3c(cc21)CCN3C(C)=O. The highest BCUT2D eigenvalue weighted by molar-refractivity contribution is 5.97. The molecule has 17 heavy (non-hydrogen) atoms. The zero-order chi connectivity index (χ0) is 12.0. The van der Waals surface area contributed by atoms with Crippen molar-refractivity contribution in [2.24, 2.45) is 0 Å². The first-order valence-corrected chi connectivity index (χ1v) is 6.10. The molecule has 1 aromatic heterocycles. The summed E-state index contributed by atoms with van der Waals surface area (Å²) in [5, 5.41) is 1.22. The fourth-order valence-electron chi connectivity index (χ4n) is 2.68. The molecule has 88 valence electrons. The zero-order valence-electron chi connectivity index (χ0n) is 10.2. The van der Waals surface area contributed by atoms with E-state index in [1.807, 2.05) is 4.90 Å². The molecule has 0 atom stereocenters. The molecule has 1 aliphatic heterocycles. The van der Waals surface area contributed by atoms with E-state index in [4.69, 9.17) is 0 Å². The Kier molecular flexibility index (Phi) is 2.21. The van der Waals surface area contributed by atoms with E-state index in [0.29, 0.717) is 0 Å². The number of hydrogen-bond acceptors (Lipinski definition) is 1. The van der Waals surface area contributed by atoms with Gasteiger partial charge in [-0.3, -0.25) is 4.79 Å². The third-order valence-electron chi connectivity index (χ3n) is 3.59. The Labute approximate surface area is 101 Å². The lowest BCUT2D eigenvalue weighted by molar-refractivity contribution is -0.116. The number of nitrogens with zero attached hydrogens (tertiary/aromatic N) is 2. The van der Waals surface area contributed by atoms with Gasteiger partial charge in [-0.05, 0) is 37.1 Å². The minimum absolute atomic E-state index is 0.137. The summed E-state index contributed by atoms with van der Waals surface area (Å²) in [7, 11) is 0. The Bertz CT molecular complexity index is 598. The highest BCUT2D eigenvalue weighted by Gasteiger charge is 2.22. The van der Waals surface area contributed by atoms with Crippen molar-refractivity contribution in [3.63, 3.8) is 0 Å². The average Bonchev–Trinajstić information content (AvgIpc) is 2.88. The van der Waals surface area contributed by atoms with Crippen LogP contribution in [-0.2, 0) is 17.8 Å². The van der Waals surface area contributed by atoms with E-state index in [2.05, 4.69) is 35.9 Å². The maximum absolute atomic E-state index is 11.5. The van der Waals surface area contributed by atoms with Crippen LogP contribution in [0.25, 0.3) is 10.9 Å². The molecule has 2 heterocycles. The number of fused-ring (bicyclic) bond motifs is 2. The number of hydrogen-bond donors (Lipinski definition) is 0. The number of amides is 1. The number of aryl methyl sites for hydroxylation is 1. The number of anilines is 1. The van der Waals surface area contributed by atoms with Crippen LogP contribution in [-0.4, -0.2) is 17.0 Å². The molecule has 3 rings (SSSR count). The Morgan fingerprint density at radius 1 is 1.41 bits per heavy atom. The summed E-state index contributed by atoms with van der Waals surface area (Å²) in [6.07, 6.45) is 3.08. The van der Waals surface area contributed by atoms with Gasteiger partial charge in [-0.2, -0.15) is 0 Å². The van der Waals surface area contributed by atoms with Crippen molar-refractivity contribution in [3.05, 3.63) is 30.0 Å². The van der Waals surface area contributed by atoms with Crippen LogP contribution in [0.5, 0.6) is 0 Å². The molecule has 0 spiro atoms. The summed E-state index contributed by atoms with van der Waals surface area (Å²) in [5.74, 6) is 0.137. The molecule has 2 aromatic rings. The van der Waals surface area contributed by atoms with E-state index < -0.39 is 0 Å². The second kappa shape index (κ2) is 3.62. The molecule has 0 unspecified atom stereocenters. The van der Waals surface area contributed by atoms with Crippen molar-refractivity contribution in [2.75, 3.05) is 11.4 Å². The monoisotopic (exact) mass is 228 g/mol. The lowest BCUT2D eigenvalue weighted by Crippen LogP contribution is -2.25. The fraction of sp³-hybridized carbons (Fsp3) is 0.357. The van der Waals surface area contributed by atoms with Gasteiger partial charge in [0.15, 0.2) is 0 Å². The molecular formula is C14H16N2O. The normalized spacial score (nSPS) is 14.4. The van der Waals surface area contributed by atoms with Gasteiger partial charge in [0.25, 0.3) is 0 Å². The number of rotatable bonds is 1. The molecule has 3 nitrogen and oxygen atoms in total. The van der Waals surface area contributed by atoms with E-state index in [1.165, 1.54) is 16.5 Å². The highest BCUT2D eigenvalue weighted by atomic mass is 16.2. The molecule has 1 amide bonds. The van der Waals surface area contributed by atoms with Gasteiger partial charge >= 0.3 is 0 Å². The van der Waals surface area contributed by atoms with Gasteiger partial charge in [0.05, 0.1) is 0 Å². The molecule has 0 radical (unpaired) electrons. The average molecular weight is 228 g/mol. The van der Waals surface area contributed by atoms with Crippen LogP contribution in [0.3, 0.4) is 0 Å². The molecule has 0 saturated heterocycles. The van der Waals surface area contributed by atoms with Crippen molar-refractivity contribution in [3.8, 4) is 0 Å². The minimum Gasteiger partial charge on any atom is -0.348 e. The van der Waals surface area contributed by atoms with Crippen LogP contribution in [0.2, 0.25) is 0 Å². The zero-order valence-corrected chi connectivity index (χ0v) is 10.2. The molecule has 0 N–H and O–H groups in total. The summed E-state index contributed by atoms with van der Waals surface area (Å²) in [6, 6.07) is 6.50. The van der Waals surface area contributed by atoms with Crippen molar-refractivity contribution < 1.29 is 4.79 Å². The second-order valence-corrected chi connectivity index (χ2v) is 4.56. The van der Waals surface area contributed by atoms with E-state index in [0.717, 1.165) is 25.2 Å². The summed E-state index contributed by atoms with van der Waals surface area (Å²) in [5.41, 5.74) is 3.66. The Balaban J connectivity index is 2.19. The predicted octanol–water partition coefficient (Wildman–Crippen LogP) is 2.57. The van der Waals surface area contributed by atoms with Crippen LogP contribution in [0, 0.1) is 0 Å². The van der Waals surface area contributed by atoms with E-state index >= 15 is 0 Å². The first kappa shape index (κ1) is 10.4. The molecule has 0 bridgehead atoms. The van der Waals surface area contributed by atoms with Gasteiger partial charge in [0, 0.05) is 42.8 Å². The Morgan fingerprint density at radius 2 is 2.24 bits per heavy atom. The van der Waals surface area contributed by atoms with Crippen LogP contribution >= 0.6 is 0 Å². The molecule has 1 aliphatic rings. The van der Waals surface area contributed by atoms with Gasteiger partial charge in [-0.25, -0.2) is 0 Å². The molecular weight excluding hydrogens is 212 g/mol. The smallest absolute Gasteiger partial charge is 0.223 e. The van der Waals surface area contributed by atoms with E-state index in [-0.39, 0.29) is 5.91 Å². The quantitative estimate of drug-likeness (QED) is 0.736. The number of benzene rings is 1. The molecule has 3 heteroatoms. The Hall–Kier alpha value is -1.77. The van der Waals surface area contributed by atoms with Crippen LogP contribution < -0.4 is 4.90 Å². The third kappa shape index (κ3) is 1.46. The van der Waals surface area contributed by atoms with Crippen LogP contribution in [0.15, 0.2) is 24.4 Å². The maximum atomic E-state index is 11.5. The number of aromatic nitrogens is 1. The van der Waals surface area contributed by atoms with E-state index in [1.54, 1.807) is 6.92 Å².